The van der Waals surface area contributed by atoms with E-state index in [9.17, 15) is 27.2 Å². The predicted octanol–water partition coefficient (Wildman–Crippen LogP) is 2.40. The number of halogens is 4. The van der Waals surface area contributed by atoms with Gasteiger partial charge in [-0.25, -0.2) is 13.6 Å². The molecule has 1 unspecified atom stereocenters. The summed E-state index contributed by atoms with van der Waals surface area (Å²) in [4.78, 5) is 22.5. The molecular weight excluding hydrogens is 322 g/mol. The van der Waals surface area contributed by atoms with Crippen LogP contribution in [0, 0.1) is 0 Å². The Morgan fingerprint density at radius 2 is 1.91 bits per heavy atom. The number of alkyl halides is 4. The number of carbonyl (C=O) groups is 2. The number of hydrogen-bond donors (Lipinski definition) is 2. The highest BCUT2D eigenvalue weighted by Crippen LogP contribution is 2.35. The number of para-hydroxylation sites is 1. The molecule has 0 saturated carbocycles. The number of rotatable bonds is 8. The Morgan fingerprint density at radius 3 is 2.43 bits per heavy atom. The summed E-state index contributed by atoms with van der Waals surface area (Å²) in [7, 11) is 0. The van der Waals surface area contributed by atoms with Crippen LogP contribution in [-0.2, 0) is 15.5 Å². The van der Waals surface area contributed by atoms with Gasteiger partial charge in [0.2, 0.25) is 6.43 Å². The van der Waals surface area contributed by atoms with Gasteiger partial charge in [0, 0.05) is 6.42 Å². The lowest BCUT2D eigenvalue weighted by Crippen LogP contribution is -2.48. The summed E-state index contributed by atoms with van der Waals surface area (Å²) < 4.78 is 58.0. The van der Waals surface area contributed by atoms with Gasteiger partial charge in [0.15, 0.2) is 0 Å². The second-order valence-corrected chi connectivity index (χ2v) is 4.49. The first kappa shape index (κ1) is 18.7. The van der Waals surface area contributed by atoms with E-state index in [1.807, 2.05) is 0 Å². The summed E-state index contributed by atoms with van der Waals surface area (Å²) >= 11 is 0. The van der Waals surface area contributed by atoms with Gasteiger partial charge in [-0.05, 0) is 19.1 Å². The molecule has 1 atom stereocenters. The van der Waals surface area contributed by atoms with Crippen molar-refractivity contribution in [3.63, 3.8) is 0 Å². The van der Waals surface area contributed by atoms with E-state index in [-0.39, 0.29) is 12.4 Å². The van der Waals surface area contributed by atoms with E-state index in [2.05, 4.69) is 0 Å². The van der Waals surface area contributed by atoms with Crippen LogP contribution in [0.25, 0.3) is 0 Å². The molecule has 0 heterocycles. The minimum Gasteiger partial charge on any atom is -0.493 e. The number of aliphatic carboxylic acids is 1. The molecule has 23 heavy (non-hydrogen) atoms. The number of carbonyl (C=O) groups excluding carboxylic acids is 1. The minimum absolute atomic E-state index is 0.0673. The molecule has 0 aliphatic heterocycles. The summed E-state index contributed by atoms with van der Waals surface area (Å²) in [5.41, 5.74) is -0.777. The first-order valence-corrected chi connectivity index (χ1v) is 6.62. The monoisotopic (exact) mass is 337 g/mol. The van der Waals surface area contributed by atoms with Crippen LogP contribution >= 0.6 is 0 Å². The van der Waals surface area contributed by atoms with Crippen LogP contribution in [0.1, 0.15) is 18.9 Å². The molecule has 5 nitrogen and oxygen atoms in total. The van der Waals surface area contributed by atoms with Crippen LogP contribution in [-0.4, -0.2) is 36.1 Å². The van der Waals surface area contributed by atoms with Crippen LogP contribution in [0.4, 0.5) is 17.6 Å². The third kappa shape index (κ3) is 4.83. The molecule has 0 aliphatic carbocycles. The van der Waals surface area contributed by atoms with Gasteiger partial charge in [-0.2, -0.15) is 8.78 Å². The molecule has 1 aromatic carbocycles. The van der Waals surface area contributed by atoms with Crippen molar-refractivity contribution in [1.29, 1.82) is 0 Å². The van der Waals surface area contributed by atoms with E-state index >= 15 is 0 Å². The van der Waals surface area contributed by atoms with Crippen LogP contribution in [0.2, 0.25) is 0 Å². The van der Waals surface area contributed by atoms with E-state index in [1.165, 1.54) is 23.5 Å². The van der Waals surface area contributed by atoms with Crippen molar-refractivity contribution in [2.24, 2.45) is 0 Å². The Hall–Kier alpha value is -2.32. The molecule has 0 aliphatic rings. The summed E-state index contributed by atoms with van der Waals surface area (Å²) in [5.74, 6) is -8.21. The number of carboxylic acid groups (broad SMARTS) is 1. The maximum absolute atomic E-state index is 14.2. The fraction of sp³-hybridized carbons (Fsp3) is 0.429. The molecule has 0 saturated heterocycles. The van der Waals surface area contributed by atoms with Crippen LogP contribution in [0.5, 0.6) is 5.75 Å². The first-order valence-electron chi connectivity index (χ1n) is 6.62. The normalized spacial score (nSPS) is 12.8. The average Bonchev–Trinajstić information content (AvgIpc) is 2.46. The number of amides is 1. The van der Waals surface area contributed by atoms with E-state index in [4.69, 9.17) is 9.84 Å². The molecule has 128 valence electrons. The number of ether oxygens (including phenoxy) is 1. The van der Waals surface area contributed by atoms with Gasteiger partial charge in [0.25, 0.3) is 5.91 Å². The highest BCUT2D eigenvalue weighted by molar-refractivity contribution is 5.89. The first-order chi connectivity index (χ1) is 10.7. The van der Waals surface area contributed by atoms with E-state index in [0.717, 1.165) is 6.07 Å². The summed E-state index contributed by atoms with van der Waals surface area (Å²) in [6.07, 6.45) is -4.34. The Balaban J connectivity index is 3.02. The van der Waals surface area contributed by atoms with Gasteiger partial charge in [-0.15, -0.1) is 0 Å². The molecule has 9 heteroatoms. The molecule has 1 aromatic rings. The summed E-state index contributed by atoms with van der Waals surface area (Å²) in [5, 5.41) is 10.2. The molecule has 0 radical (unpaired) electrons. The Bertz CT molecular complexity index is 565. The van der Waals surface area contributed by atoms with Crippen LogP contribution in [0.15, 0.2) is 24.3 Å². The van der Waals surface area contributed by atoms with E-state index < -0.39 is 42.3 Å². The van der Waals surface area contributed by atoms with Gasteiger partial charge < -0.3 is 15.2 Å². The van der Waals surface area contributed by atoms with Crippen molar-refractivity contribution in [2.45, 2.75) is 31.7 Å². The maximum Gasteiger partial charge on any atom is 0.353 e. The van der Waals surface area contributed by atoms with Crippen molar-refractivity contribution in [3.8, 4) is 5.75 Å². The molecule has 0 fully saturated rings. The third-order valence-corrected chi connectivity index (χ3v) is 2.83. The molecule has 2 N–H and O–H groups in total. The third-order valence-electron chi connectivity index (χ3n) is 2.83. The maximum atomic E-state index is 14.2. The molecule has 0 bridgehead atoms. The smallest absolute Gasteiger partial charge is 0.353 e. The molecule has 1 amide bonds. The zero-order valence-corrected chi connectivity index (χ0v) is 12.1. The zero-order chi connectivity index (χ0) is 17.6. The lowest BCUT2D eigenvalue weighted by Gasteiger charge is -2.21. The summed E-state index contributed by atoms with van der Waals surface area (Å²) in [6.45, 7) is 1.62. The number of nitrogens with one attached hydrogen (secondary N) is 1. The highest BCUT2D eigenvalue weighted by atomic mass is 19.3. The Kier molecular flexibility index (Phi) is 6.35. The average molecular weight is 337 g/mol. The van der Waals surface area contributed by atoms with E-state index in [0.29, 0.717) is 0 Å². The number of carboxylic acids is 1. The van der Waals surface area contributed by atoms with Crippen LogP contribution < -0.4 is 10.1 Å². The van der Waals surface area contributed by atoms with Crippen molar-refractivity contribution in [2.75, 3.05) is 6.61 Å². The second-order valence-electron chi connectivity index (χ2n) is 4.49. The van der Waals surface area contributed by atoms with Crippen LogP contribution in [0.3, 0.4) is 0 Å². The molecule has 0 aromatic heterocycles. The van der Waals surface area contributed by atoms with Gasteiger partial charge in [0.1, 0.15) is 11.8 Å². The predicted molar refractivity (Wildman–Crippen MR) is 71.7 cm³/mol. The van der Waals surface area contributed by atoms with Crippen molar-refractivity contribution in [3.05, 3.63) is 29.8 Å². The Morgan fingerprint density at radius 1 is 1.30 bits per heavy atom. The zero-order valence-electron chi connectivity index (χ0n) is 12.1. The van der Waals surface area contributed by atoms with Crippen molar-refractivity contribution < 1.29 is 37.0 Å². The molecule has 1 rings (SSSR count). The Labute approximate surface area is 129 Å². The van der Waals surface area contributed by atoms with Gasteiger partial charge >= 0.3 is 11.9 Å². The minimum atomic E-state index is -4.14. The largest absolute Gasteiger partial charge is 0.493 e. The number of hydrogen-bond acceptors (Lipinski definition) is 3. The fourth-order valence-corrected chi connectivity index (χ4v) is 1.78. The summed E-state index contributed by atoms with van der Waals surface area (Å²) in [6, 6.07) is 2.70. The van der Waals surface area contributed by atoms with Crippen molar-refractivity contribution >= 4 is 11.9 Å². The van der Waals surface area contributed by atoms with Crippen molar-refractivity contribution in [1.82, 2.24) is 5.32 Å². The lowest BCUT2D eigenvalue weighted by atomic mass is 10.1. The highest BCUT2D eigenvalue weighted by Gasteiger charge is 2.45. The SMILES string of the molecule is CCOc1ccccc1C(F)(F)C(=O)NC(CC(F)F)C(=O)O. The second kappa shape index (κ2) is 7.80. The molecule has 0 spiro atoms. The van der Waals surface area contributed by atoms with E-state index in [1.54, 1.807) is 6.92 Å². The van der Waals surface area contributed by atoms with Gasteiger partial charge in [0.05, 0.1) is 12.2 Å². The quantitative estimate of drug-likeness (QED) is 0.714. The fourth-order valence-electron chi connectivity index (χ4n) is 1.78. The molecular formula is C14H15F4NO4. The topological polar surface area (TPSA) is 75.6 Å². The number of benzene rings is 1. The van der Waals surface area contributed by atoms with Gasteiger partial charge in [-0.1, -0.05) is 12.1 Å². The van der Waals surface area contributed by atoms with Gasteiger partial charge in [-0.3, -0.25) is 4.79 Å². The lowest BCUT2D eigenvalue weighted by molar-refractivity contribution is -0.153. The standard InChI is InChI=1S/C14H15F4NO4/c1-2-23-10-6-4-3-5-8(10)14(17,18)13(22)19-9(12(20)21)7-11(15)16/h3-6,9,11H,2,7H2,1H3,(H,19,22)(H,20,21).